The number of halogens is 1. The number of nitrogens with zero attached hydrogens (tertiary/aromatic N) is 1. The van der Waals surface area contributed by atoms with Crippen LogP contribution in [0.15, 0.2) is 114 Å². The van der Waals surface area contributed by atoms with Crippen LogP contribution in [-0.4, -0.2) is 0 Å². The number of nitrogens with one attached hydrogen (secondary N) is 1. The van der Waals surface area contributed by atoms with Gasteiger partial charge in [-0.05, 0) is 36.4 Å². The molecule has 1 N–H and O–H groups in total. The molecule has 0 saturated carbocycles. The van der Waals surface area contributed by atoms with Gasteiger partial charge in [-0.15, -0.1) is 0 Å². The molecule has 0 aliphatic rings. The van der Waals surface area contributed by atoms with E-state index in [9.17, 15) is 9.83 Å². The molecule has 0 fully saturated rings. The van der Waals surface area contributed by atoms with E-state index in [0.717, 1.165) is 0 Å². The molecular weight excluding hydrogens is 410 g/mol. The molecule has 0 unspecified atom stereocenters. The number of alkyl halides is 1. The number of rotatable bonds is 7. The molecule has 0 aliphatic heterocycles. The standard InChI is InChI=1S/C25H20FN2O2P/c26-25(19-27,20-11-4-1-5-12-20)24(23-17-10-18-30-23)28-31(29,21-13-6-2-7-14-21)22-15-8-3-9-16-22/h1-18,24H,(H,28,29)/t24-,25+/m1/s1. The van der Waals surface area contributed by atoms with Gasteiger partial charge in [-0.2, -0.15) is 5.26 Å². The van der Waals surface area contributed by atoms with Gasteiger partial charge >= 0.3 is 0 Å². The third kappa shape index (κ3) is 3.96. The summed E-state index contributed by atoms with van der Waals surface area (Å²) in [7, 11) is -3.55. The maximum absolute atomic E-state index is 16.4. The molecule has 4 aromatic rings. The fourth-order valence-electron chi connectivity index (χ4n) is 3.54. The second kappa shape index (κ2) is 8.73. The minimum Gasteiger partial charge on any atom is -0.467 e. The van der Waals surface area contributed by atoms with Gasteiger partial charge < -0.3 is 4.42 Å². The average molecular weight is 430 g/mol. The normalized spacial score (nSPS) is 14.3. The van der Waals surface area contributed by atoms with Crippen LogP contribution in [0.2, 0.25) is 0 Å². The van der Waals surface area contributed by atoms with Crippen molar-refractivity contribution in [1.29, 1.82) is 5.26 Å². The van der Waals surface area contributed by atoms with Crippen LogP contribution < -0.4 is 15.7 Å². The van der Waals surface area contributed by atoms with Crippen LogP contribution in [-0.2, 0) is 10.2 Å². The summed E-state index contributed by atoms with van der Waals surface area (Å²) in [6, 6.07) is 29.5. The van der Waals surface area contributed by atoms with Crippen molar-refractivity contribution in [1.82, 2.24) is 5.09 Å². The van der Waals surface area contributed by atoms with Crippen LogP contribution in [0, 0.1) is 11.3 Å². The van der Waals surface area contributed by atoms with E-state index in [1.807, 2.05) is 12.1 Å². The van der Waals surface area contributed by atoms with Crippen molar-refractivity contribution in [3.8, 4) is 6.07 Å². The molecule has 2 atom stereocenters. The van der Waals surface area contributed by atoms with Crippen LogP contribution in [0.3, 0.4) is 0 Å². The molecule has 31 heavy (non-hydrogen) atoms. The molecule has 3 aromatic carbocycles. The largest absolute Gasteiger partial charge is 0.467 e. The van der Waals surface area contributed by atoms with E-state index in [0.29, 0.717) is 10.6 Å². The van der Waals surface area contributed by atoms with Crippen LogP contribution in [0.5, 0.6) is 0 Å². The number of furan rings is 1. The smallest absolute Gasteiger partial charge is 0.243 e. The predicted octanol–water partition coefficient (Wildman–Crippen LogP) is 5.23. The van der Waals surface area contributed by atoms with Crippen molar-refractivity contribution in [2.45, 2.75) is 11.7 Å². The van der Waals surface area contributed by atoms with Gasteiger partial charge in [0.1, 0.15) is 17.9 Å². The highest BCUT2D eigenvalue weighted by Gasteiger charge is 2.47. The Kier molecular flexibility index (Phi) is 5.86. The van der Waals surface area contributed by atoms with E-state index in [2.05, 4.69) is 5.09 Å². The van der Waals surface area contributed by atoms with E-state index < -0.39 is 19.0 Å². The molecule has 0 aliphatic carbocycles. The number of hydrogen-bond acceptors (Lipinski definition) is 3. The zero-order valence-electron chi connectivity index (χ0n) is 16.6. The van der Waals surface area contributed by atoms with Gasteiger partial charge in [-0.3, -0.25) is 4.57 Å². The van der Waals surface area contributed by atoms with Gasteiger partial charge in [0.25, 0.3) is 0 Å². The lowest BCUT2D eigenvalue weighted by atomic mass is 9.88. The Balaban J connectivity index is 1.90. The molecule has 4 nitrogen and oxygen atoms in total. The van der Waals surface area contributed by atoms with Crippen molar-refractivity contribution >= 4 is 17.9 Å². The zero-order valence-corrected chi connectivity index (χ0v) is 17.5. The van der Waals surface area contributed by atoms with E-state index in [4.69, 9.17) is 4.42 Å². The topological polar surface area (TPSA) is 66.0 Å². The molecule has 4 rings (SSSR count). The van der Waals surface area contributed by atoms with Gasteiger partial charge in [0.05, 0.1) is 6.26 Å². The molecule has 0 spiro atoms. The first-order valence-corrected chi connectivity index (χ1v) is 11.5. The van der Waals surface area contributed by atoms with Crippen molar-refractivity contribution < 1.29 is 13.4 Å². The van der Waals surface area contributed by atoms with Crippen LogP contribution in [0.1, 0.15) is 17.4 Å². The number of benzene rings is 3. The SMILES string of the molecule is N#C[C@](F)(c1ccccc1)[C@H](NP(=O)(c1ccccc1)c1ccccc1)c1ccco1. The Morgan fingerprint density at radius 2 is 1.35 bits per heavy atom. The summed E-state index contributed by atoms with van der Waals surface area (Å²) in [5.41, 5.74) is -2.38. The summed E-state index contributed by atoms with van der Waals surface area (Å²) >= 11 is 0. The minimum absolute atomic E-state index is 0.152. The second-order valence-corrected chi connectivity index (χ2v) is 9.56. The van der Waals surface area contributed by atoms with Crippen molar-refractivity contribution in [3.63, 3.8) is 0 Å². The van der Waals surface area contributed by atoms with Crippen LogP contribution in [0.4, 0.5) is 4.39 Å². The Morgan fingerprint density at radius 1 is 0.839 bits per heavy atom. The molecule has 154 valence electrons. The lowest BCUT2D eigenvalue weighted by Gasteiger charge is -2.32. The highest BCUT2D eigenvalue weighted by molar-refractivity contribution is 7.76. The van der Waals surface area contributed by atoms with Gasteiger partial charge in [-0.1, -0.05) is 66.7 Å². The summed E-state index contributed by atoms with van der Waals surface area (Å²) in [5, 5.41) is 14.0. The molecule has 1 aromatic heterocycles. The first kappa shape index (κ1) is 20.8. The van der Waals surface area contributed by atoms with Crippen LogP contribution in [0.25, 0.3) is 0 Å². The predicted molar refractivity (Wildman–Crippen MR) is 119 cm³/mol. The molecule has 0 radical (unpaired) electrons. The van der Waals surface area contributed by atoms with Crippen LogP contribution >= 0.6 is 7.29 Å². The fourth-order valence-corrected chi connectivity index (χ4v) is 5.99. The Morgan fingerprint density at radius 3 is 1.81 bits per heavy atom. The summed E-state index contributed by atoms with van der Waals surface area (Å²) in [6.45, 7) is 0. The quantitative estimate of drug-likeness (QED) is 0.408. The molecular formula is C25H20FN2O2P. The first-order chi connectivity index (χ1) is 15.1. The average Bonchev–Trinajstić information content (AvgIpc) is 3.38. The van der Waals surface area contributed by atoms with Gasteiger partial charge in [-0.25, -0.2) is 9.48 Å². The fraction of sp³-hybridized carbons (Fsp3) is 0.0800. The second-order valence-electron chi connectivity index (χ2n) is 7.05. The van der Waals surface area contributed by atoms with Crippen molar-refractivity contribution in [2.75, 3.05) is 0 Å². The summed E-state index contributed by atoms with van der Waals surface area (Å²) in [5.74, 6) is 0.181. The summed E-state index contributed by atoms with van der Waals surface area (Å²) in [4.78, 5) is 0. The highest BCUT2D eigenvalue weighted by atomic mass is 31.2. The van der Waals surface area contributed by atoms with Gasteiger partial charge in [0, 0.05) is 16.2 Å². The summed E-state index contributed by atoms with van der Waals surface area (Å²) in [6.07, 6.45) is 1.41. The maximum atomic E-state index is 16.4. The van der Waals surface area contributed by atoms with Crippen molar-refractivity contribution in [3.05, 3.63) is 121 Å². The Bertz CT molecular complexity index is 1170. The molecule has 0 amide bonds. The first-order valence-electron chi connectivity index (χ1n) is 9.76. The maximum Gasteiger partial charge on any atom is 0.243 e. The Labute approximate surface area is 180 Å². The van der Waals surface area contributed by atoms with Gasteiger partial charge in [0.2, 0.25) is 13.0 Å². The van der Waals surface area contributed by atoms with Crippen molar-refractivity contribution in [2.24, 2.45) is 0 Å². The third-order valence-electron chi connectivity index (χ3n) is 5.13. The highest BCUT2D eigenvalue weighted by Crippen LogP contribution is 2.48. The lowest BCUT2D eigenvalue weighted by Crippen LogP contribution is -2.40. The molecule has 0 saturated heterocycles. The summed E-state index contributed by atoms with van der Waals surface area (Å²) < 4.78 is 36.4. The van der Waals surface area contributed by atoms with E-state index in [1.54, 1.807) is 84.9 Å². The number of hydrogen-bond donors (Lipinski definition) is 1. The monoisotopic (exact) mass is 430 g/mol. The number of nitriles is 1. The Hall–Kier alpha value is -3.45. The van der Waals surface area contributed by atoms with E-state index in [-0.39, 0.29) is 11.3 Å². The van der Waals surface area contributed by atoms with E-state index in [1.165, 1.54) is 18.4 Å². The van der Waals surface area contributed by atoms with Gasteiger partial charge in [0.15, 0.2) is 0 Å². The molecule has 0 bridgehead atoms. The molecule has 6 heteroatoms. The van der Waals surface area contributed by atoms with E-state index >= 15 is 4.39 Å². The zero-order chi connectivity index (χ0) is 21.7. The minimum atomic E-state index is -3.55. The third-order valence-corrected chi connectivity index (χ3v) is 7.81. The molecule has 1 heterocycles. The lowest BCUT2D eigenvalue weighted by molar-refractivity contribution is 0.169.